The van der Waals surface area contributed by atoms with Gasteiger partial charge in [0.2, 0.25) is 5.88 Å². The van der Waals surface area contributed by atoms with E-state index in [1.807, 2.05) is 4.72 Å². The van der Waals surface area contributed by atoms with E-state index in [0.29, 0.717) is 0 Å². The minimum atomic E-state index is -3.92. The van der Waals surface area contributed by atoms with Gasteiger partial charge in [0.15, 0.2) is 0 Å². The lowest BCUT2D eigenvalue weighted by molar-refractivity contribution is 0.392. The minimum Gasteiger partial charge on any atom is -0.506 e. The predicted octanol–water partition coefficient (Wildman–Crippen LogP) is 5.09. The Hall–Kier alpha value is -2.67. The number of aryl methyl sites for hydroxylation is 3. The maximum Gasteiger partial charge on any atom is 0.330 e. The third-order valence-corrected chi connectivity index (χ3v) is 6.84. The Bertz CT molecular complexity index is 1000. The summed E-state index contributed by atoms with van der Waals surface area (Å²) in [5, 5.41) is 19.7. The molecule has 1 aliphatic rings. The highest BCUT2D eigenvalue weighted by Crippen LogP contribution is 2.32. The topological polar surface area (TPSA) is 89.9 Å². The van der Waals surface area contributed by atoms with Crippen LogP contribution in [-0.4, -0.2) is 18.6 Å². The van der Waals surface area contributed by atoms with Crippen molar-refractivity contribution in [2.24, 2.45) is 0 Å². The SMILES string of the molecule is CCCCCCCCc1ccc(CCc2ccc(N3C=C(O)NS3(=O)=O)c(O)c2)cc1. The largest absolute Gasteiger partial charge is 0.506 e. The number of aliphatic hydroxyl groups excluding tert-OH is 1. The number of hydrogen-bond acceptors (Lipinski definition) is 4. The Morgan fingerprint density at radius 2 is 1.39 bits per heavy atom. The van der Waals surface area contributed by atoms with Gasteiger partial charge in [0.05, 0.1) is 6.20 Å². The molecule has 0 aromatic heterocycles. The maximum atomic E-state index is 12.0. The van der Waals surface area contributed by atoms with E-state index in [-0.39, 0.29) is 11.4 Å². The third-order valence-electron chi connectivity index (χ3n) is 5.55. The van der Waals surface area contributed by atoms with Crippen LogP contribution in [0.15, 0.2) is 54.5 Å². The lowest BCUT2D eigenvalue weighted by Crippen LogP contribution is -2.29. The van der Waals surface area contributed by atoms with Gasteiger partial charge in [-0.05, 0) is 54.5 Å². The Morgan fingerprint density at radius 1 is 0.806 bits per heavy atom. The standard InChI is InChI=1S/C24H32N2O4S/c1-2-3-4-5-6-7-8-19-9-11-20(12-10-19)13-14-21-15-16-22(23(27)17-21)26-18-24(28)25-31(26,29)30/h9-12,15-18,25,27-28H,2-8,13-14H2,1H3. The van der Waals surface area contributed by atoms with Crippen molar-refractivity contribution in [1.82, 2.24) is 4.72 Å². The quantitative estimate of drug-likeness (QED) is 0.421. The first kappa shape index (κ1) is 23.0. The molecule has 0 saturated carbocycles. The van der Waals surface area contributed by atoms with E-state index >= 15 is 0 Å². The maximum absolute atomic E-state index is 12.0. The zero-order valence-electron chi connectivity index (χ0n) is 18.0. The van der Waals surface area contributed by atoms with Gasteiger partial charge < -0.3 is 10.2 Å². The fraction of sp³-hybridized carbons (Fsp3) is 0.417. The summed E-state index contributed by atoms with van der Waals surface area (Å²) in [6.07, 6.45) is 11.5. The highest BCUT2D eigenvalue weighted by molar-refractivity contribution is 7.91. The van der Waals surface area contributed by atoms with Crippen molar-refractivity contribution in [3.05, 3.63) is 71.2 Å². The third kappa shape index (κ3) is 6.40. The first-order valence-electron chi connectivity index (χ1n) is 11.0. The molecular weight excluding hydrogens is 412 g/mol. The van der Waals surface area contributed by atoms with Gasteiger partial charge in [-0.3, -0.25) is 0 Å². The van der Waals surface area contributed by atoms with Crippen LogP contribution in [0.4, 0.5) is 5.69 Å². The zero-order valence-corrected chi connectivity index (χ0v) is 18.9. The van der Waals surface area contributed by atoms with Gasteiger partial charge in [0, 0.05) is 0 Å². The van der Waals surface area contributed by atoms with Crippen LogP contribution in [0.1, 0.15) is 62.1 Å². The van der Waals surface area contributed by atoms with Crippen LogP contribution in [0.5, 0.6) is 5.75 Å². The molecule has 0 amide bonds. The molecule has 7 heteroatoms. The molecule has 31 heavy (non-hydrogen) atoms. The summed E-state index contributed by atoms with van der Waals surface area (Å²) >= 11 is 0. The number of aromatic hydroxyl groups is 1. The molecule has 0 bridgehead atoms. The van der Waals surface area contributed by atoms with Crippen LogP contribution < -0.4 is 9.03 Å². The fourth-order valence-corrected chi connectivity index (χ4v) is 4.84. The molecule has 0 radical (unpaired) electrons. The van der Waals surface area contributed by atoms with E-state index in [1.165, 1.54) is 49.7 Å². The number of rotatable bonds is 11. The van der Waals surface area contributed by atoms with E-state index in [1.54, 1.807) is 18.2 Å². The monoisotopic (exact) mass is 444 g/mol. The Balaban J connectivity index is 1.51. The molecule has 168 valence electrons. The summed E-state index contributed by atoms with van der Waals surface area (Å²) in [6, 6.07) is 13.6. The minimum absolute atomic E-state index is 0.0966. The molecule has 2 aromatic carbocycles. The van der Waals surface area contributed by atoms with Gasteiger partial charge in [0.25, 0.3) is 0 Å². The predicted molar refractivity (Wildman–Crippen MR) is 124 cm³/mol. The van der Waals surface area contributed by atoms with Crippen LogP contribution >= 0.6 is 0 Å². The first-order chi connectivity index (χ1) is 14.9. The second kappa shape index (κ2) is 10.6. The summed E-state index contributed by atoms with van der Waals surface area (Å²) in [6.45, 7) is 2.24. The lowest BCUT2D eigenvalue weighted by Gasteiger charge is -2.16. The van der Waals surface area contributed by atoms with Crippen molar-refractivity contribution in [3.8, 4) is 5.75 Å². The number of hydrogen-bond donors (Lipinski definition) is 3. The van der Waals surface area contributed by atoms with E-state index in [4.69, 9.17) is 0 Å². The van der Waals surface area contributed by atoms with Crippen molar-refractivity contribution in [3.63, 3.8) is 0 Å². The fourth-order valence-electron chi connectivity index (χ4n) is 3.77. The molecule has 1 aliphatic heterocycles. The molecule has 3 N–H and O–H groups in total. The van der Waals surface area contributed by atoms with Crippen LogP contribution in [0.25, 0.3) is 0 Å². The summed E-state index contributed by atoms with van der Waals surface area (Å²) in [7, 11) is -3.92. The van der Waals surface area contributed by atoms with E-state index in [0.717, 1.165) is 35.3 Å². The summed E-state index contributed by atoms with van der Waals surface area (Å²) < 4.78 is 26.7. The average Bonchev–Trinajstić information content (AvgIpc) is 3.01. The number of anilines is 1. The van der Waals surface area contributed by atoms with Gasteiger partial charge >= 0.3 is 10.2 Å². The molecule has 6 nitrogen and oxygen atoms in total. The molecule has 0 atom stereocenters. The molecular formula is C24H32N2O4S. The molecule has 0 saturated heterocycles. The Labute approximate surface area is 185 Å². The summed E-state index contributed by atoms with van der Waals surface area (Å²) in [5.41, 5.74) is 3.61. The number of phenolic OH excluding ortho intramolecular Hbond substituents is 1. The van der Waals surface area contributed by atoms with Gasteiger partial charge in [-0.1, -0.05) is 69.4 Å². The smallest absolute Gasteiger partial charge is 0.330 e. The zero-order chi connectivity index (χ0) is 22.3. The number of phenols is 1. The van der Waals surface area contributed by atoms with Crippen molar-refractivity contribution in [2.45, 2.75) is 64.7 Å². The second-order valence-electron chi connectivity index (χ2n) is 8.07. The van der Waals surface area contributed by atoms with Crippen molar-refractivity contribution < 1.29 is 18.6 Å². The Kier molecular flexibility index (Phi) is 7.85. The van der Waals surface area contributed by atoms with Crippen molar-refractivity contribution in [2.75, 3.05) is 4.31 Å². The number of benzene rings is 2. The molecule has 2 aromatic rings. The van der Waals surface area contributed by atoms with Crippen LogP contribution in [0, 0.1) is 0 Å². The molecule has 3 rings (SSSR count). The molecule has 0 aliphatic carbocycles. The van der Waals surface area contributed by atoms with Crippen LogP contribution in [-0.2, 0) is 29.5 Å². The van der Waals surface area contributed by atoms with E-state index in [9.17, 15) is 18.6 Å². The highest BCUT2D eigenvalue weighted by Gasteiger charge is 2.30. The number of nitrogens with zero attached hydrogens (tertiary/aromatic N) is 1. The lowest BCUT2D eigenvalue weighted by atomic mass is 10.0. The number of unbranched alkanes of at least 4 members (excludes halogenated alkanes) is 5. The number of aliphatic hydroxyl groups is 1. The number of nitrogens with one attached hydrogen (secondary N) is 1. The molecule has 0 unspecified atom stereocenters. The molecule has 0 fully saturated rings. The van der Waals surface area contributed by atoms with Gasteiger partial charge in [-0.15, -0.1) is 0 Å². The van der Waals surface area contributed by atoms with Crippen molar-refractivity contribution in [1.29, 1.82) is 0 Å². The van der Waals surface area contributed by atoms with Crippen LogP contribution in [0.3, 0.4) is 0 Å². The second-order valence-corrected chi connectivity index (χ2v) is 9.62. The van der Waals surface area contributed by atoms with E-state index in [2.05, 4.69) is 31.2 Å². The van der Waals surface area contributed by atoms with Crippen molar-refractivity contribution >= 4 is 15.9 Å². The molecule has 1 heterocycles. The normalized spacial score (nSPS) is 15.0. The van der Waals surface area contributed by atoms with Gasteiger partial charge in [-0.2, -0.15) is 8.42 Å². The van der Waals surface area contributed by atoms with Crippen LogP contribution in [0.2, 0.25) is 0 Å². The Morgan fingerprint density at radius 3 is 2.00 bits per heavy atom. The van der Waals surface area contributed by atoms with Gasteiger partial charge in [-0.25, -0.2) is 9.03 Å². The average molecular weight is 445 g/mol. The van der Waals surface area contributed by atoms with E-state index < -0.39 is 16.1 Å². The first-order valence-corrected chi connectivity index (χ1v) is 12.5. The molecule has 0 spiro atoms. The summed E-state index contributed by atoms with van der Waals surface area (Å²) in [5.74, 6) is -0.633. The summed E-state index contributed by atoms with van der Waals surface area (Å²) in [4.78, 5) is 0. The highest BCUT2D eigenvalue weighted by atomic mass is 32.2. The van der Waals surface area contributed by atoms with Gasteiger partial charge in [0.1, 0.15) is 11.4 Å².